The highest BCUT2D eigenvalue weighted by molar-refractivity contribution is 5.82. The van der Waals surface area contributed by atoms with Gasteiger partial charge in [0.15, 0.2) is 0 Å². The first-order valence-corrected chi connectivity index (χ1v) is 5.25. The Bertz CT molecular complexity index is 208. The van der Waals surface area contributed by atoms with Crippen LogP contribution in [-0.4, -0.2) is 55.0 Å². The molecule has 1 rings (SSSR count). The quantitative estimate of drug-likeness (QED) is 0.675. The summed E-state index contributed by atoms with van der Waals surface area (Å²) in [5, 5.41) is 0. The van der Waals surface area contributed by atoms with Gasteiger partial charge < -0.3 is 10.6 Å². The van der Waals surface area contributed by atoms with Gasteiger partial charge in [-0.15, -0.1) is 0 Å². The summed E-state index contributed by atoms with van der Waals surface area (Å²) in [6, 6.07) is 0.322. The van der Waals surface area contributed by atoms with E-state index in [4.69, 9.17) is 5.73 Å². The fraction of sp³-hybridized carbons (Fsp3) is 0.900. The maximum Gasteiger partial charge on any atom is 0.239 e. The number of hydrogen-bond acceptors (Lipinski definition) is 3. The van der Waals surface area contributed by atoms with Crippen LogP contribution in [0, 0.1) is 0 Å². The third kappa shape index (κ3) is 2.25. The predicted octanol–water partition coefficient (Wildman–Crippen LogP) is -0.114. The third-order valence-electron chi connectivity index (χ3n) is 3.17. The lowest BCUT2D eigenvalue weighted by Gasteiger charge is -2.27. The van der Waals surface area contributed by atoms with Gasteiger partial charge in [-0.25, -0.2) is 0 Å². The summed E-state index contributed by atoms with van der Waals surface area (Å²) in [7, 11) is 3.89. The predicted molar refractivity (Wildman–Crippen MR) is 56.9 cm³/mol. The van der Waals surface area contributed by atoms with Crippen LogP contribution in [0.3, 0.4) is 0 Å². The number of rotatable bonds is 2. The maximum absolute atomic E-state index is 12.0. The van der Waals surface area contributed by atoms with Crippen molar-refractivity contribution in [3.05, 3.63) is 0 Å². The Morgan fingerprint density at radius 2 is 2.14 bits per heavy atom. The van der Waals surface area contributed by atoms with Crippen molar-refractivity contribution in [1.82, 2.24) is 9.80 Å². The first-order valence-electron chi connectivity index (χ1n) is 5.25. The molecule has 2 atom stereocenters. The lowest BCUT2D eigenvalue weighted by Crippen LogP contribution is -2.45. The molecule has 2 unspecified atom stereocenters. The van der Waals surface area contributed by atoms with Gasteiger partial charge in [0.05, 0.1) is 6.04 Å². The summed E-state index contributed by atoms with van der Waals surface area (Å²) in [5.74, 6) is 0.211. The molecule has 0 aromatic carbocycles. The number of nitrogens with zero attached hydrogens (tertiary/aromatic N) is 2. The van der Waals surface area contributed by atoms with Gasteiger partial charge in [0.1, 0.15) is 0 Å². The van der Waals surface area contributed by atoms with Crippen LogP contribution in [0.15, 0.2) is 0 Å². The third-order valence-corrected chi connectivity index (χ3v) is 3.17. The van der Waals surface area contributed by atoms with E-state index in [9.17, 15) is 4.79 Å². The highest BCUT2D eigenvalue weighted by Crippen LogP contribution is 2.15. The molecule has 1 aliphatic heterocycles. The van der Waals surface area contributed by atoms with E-state index in [2.05, 4.69) is 11.8 Å². The number of carbonyl (C=O) groups excluding carboxylic acids is 1. The molecule has 0 aromatic rings. The van der Waals surface area contributed by atoms with Crippen LogP contribution >= 0.6 is 0 Å². The lowest BCUT2D eigenvalue weighted by molar-refractivity contribution is -0.135. The van der Waals surface area contributed by atoms with E-state index in [0.29, 0.717) is 12.6 Å². The van der Waals surface area contributed by atoms with E-state index < -0.39 is 0 Å². The molecule has 1 fully saturated rings. The van der Waals surface area contributed by atoms with Crippen molar-refractivity contribution in [3.63, 3.8) is 0 Å². The van der Waals surface area contributed by atoms with E-state index >= 15 is 0 Å². The van der Waals surface area contributed by atoms with Crippen LogP contribution in [0.1, 0.15) is 19.8 Å². The molecule has 0 bridgehead atoms. The summed E-state index contributed by atoms with van der Waals surface area (Å²) in [6.07, 6.45) is 1.80. The molecule has 0 radical (unpaired) electrons. The van der Waals surface area contributed by atoms with Crippen LogP contribution in [0.25, 0.3) is 0 Å². The standard InChI is InChI=1S/C10H21N3O/c1-8-5-7-12(2)9(4-6-11)10(14)13(8)3/h8-9H,4-7,11H2,1-3H3. The Hall–Kier alpha value is -0.610. The van der Waals surface area contributed by atoms with E-state index in [-0.39, 0.29) is 11.9 Å². The van der Waals surface area contributed by atoms with Crippen LogP contribution in [0.5, 0.6) is 0 Å². The molecule has 0 aliphatic carbocycles. The zero-order chi connectivity index (χ0) is 10.7. The monoisotopic (exact) mass is 199 g/mol. The first kappa shape index (κ1) is 11.5. The first-order chi connectivity index (χ1) is 6.57. The molecule has 0 spiro atoms. The normalized spacial score (nSPS) is 30.6. The second kappa shape index (κ2) is 4.75. The molecule has 1 saturated heterocycles. The molecule has 4 heteroatoms. The Morgan fingerprint density at radius 1 is 1.50 bits per heavy atom. The summed E-state index contributed by atoms with van der Waals surface area (Å²) in [5.41, 5.74) is 5.52. The Labute approximate surface area is 86.0 Å². The van der Waals surface area contributed by atoms with Crippen molar-refractivity contribution in [1.29, 1.82) is 0 Å². The topological polar surface area (TPSA) is 49.6 Å². The number of likely N-dealkylation sites (N-methyl/N-ethyl adjacent to an activating group) is 2. The minimum atomic E-state index is -0.0186. The smallest absolute Gasteiger partial charge is 0.239 e. The number of amides is 1. The molecule has 1 amide bonds. The van der Waals surface area contributed by atoms with Crippen molar-refractivity contribution in [2.24, 2.45) is 5.73 Å². The van der Waals surface area contributed by atoms with E-state index in [1.165, 1.54) is 0 Å². The molecular formula is C10H21N3O. The summed E-state index contributed by atoms with van der Waals surface area (Å²) < 4.78 is 0. The molecule has 14 heavy (non-hydrogen) atoms. The summed E-state index contributed by atoms with van der Waals surface area (Å²) >= 11 is 0. The lowest BCUT2D eigenvalue weighted by atomic mass is 10.1. The molecule has 1 aliphatic rings. The number of carbonyl (C=O) groups is 1. The van der Waals surface area contributed by atoms with Crippen LogP contribution < -0.4 is 5.73 Å². The SMILES string of the molecule is CC1CCN(C)C(CCN)C(=O)N1C. The average Bonchev–Trinajstić information content (AvgIpc) is 2.25. The summed E-state index contributed by atoms with van der Waals surface area (Å²) in [4.78, 5) is 16.0. The van der Waals surface area contributed by atoms with E-state index in [1.54, 1.807) is 0 Å². The van der Waals surface area contributed by atoms with Crippen LogP contribution in [0.4, 0.5) is 0 Å². The van der Waals surface area contributed by atoms with Gasteiger partial charge in [0.25, 0.3) is 0 Å². The molecule has 1 heterocycles. The van der Waals surface area contributed by atoms with Gasteiger partial charge in [0.2, 0.25) is 5.91 Å². The van der Waals surface area contributed by atoms with Gasteiger partial charge in [-0.3, -0.25) is 9.69 Å². The molecule has 4 nitrogen and oxygen atoms in total. The van der Waals surface area contributed by atoms with Crippen molar-refractivity contribution in [2.75, 3.05) is 27.2 Å². The minimum Gasteiger partial charge on any atom is -0.342 e. The fourth-order valence-electron chi connectivity index (χ4n) is 1.88. The van der Waals surface area contributed by atoms with Crippen LogP contribution in [-0.2, 0) is 4.79 Å². The zero-order valence-corrected chi connectivity index (χ0v) is 9.36. The van der Waals surface area contributed by atoms with Gasteiger partial charge >= 0.3 is 0 Å². The van der Waals surface area contributed by atoms with Gasteiger partial charge in [-0.05, 0) is 33.4 Å². The van der Waals surface area contributed by atoms with Crippen molar-refractivity contribution >= 4 is 5.91 Å². The van der Waals surface area contributed by atoms with Crippen molar-refractivity contribution in [2.45, 2.75) is 31.8 Å². The molecule has 82 valence electrons. The van der Waals surface area contributed by atoms with Crippen LogP contribution in [0.2, 0.25) is 0 Å². The number of nitrogens with two attached hydrogens (primary N) is 1. The maximum atomic E-state index is 12.0. The second-order valence-corrected chi connectivity index (χ2v) is 4.16. The fourth-order valence-corrected chi connectivity index (χ4v) is 1.88. The second-order valence-electron chi connectivity index (χ2n) is 4.16. The largest absolute Gasteiger partial charge is 0.342 e. The molecule has 0 aromatic heterocycles. The Balaban J connectivity index is 2.75. The van der Waals surface area contributed by atoms with E-state index in [1.807, 2.05) is 19.0 Å². The zero-order valence-electron chi connectivity index (χ0n) is 9.36. The van der Waals surface area contributed by atoms with Crippen molar-refractivity contribution in [3.8, 4) is 0 Å². The molecule has 2 N–H and O–H groups in total. The minimum absolute atomic E-state index is 0.0186. The van der Waals surface area contributed by atoms with Crippen molar-refractivity contribution < 1.29 is 4.79 Å². The number of hydrogen-bond donors (Lipinski definition) is 1. The average molecular weight is 199 g/mol. The highest BCUT2D eigenvalue weighted by atomic mass is 16.2. The Morgan fingerprint density at radius 3 is 2.71 bits per heavy atom. The van der Waals surface area contributed by atoms with Gasteiger partial charge in [-0.1, -0.05) is 0 Å². The van der Waals surface area contributed by atoms with Gasteiger partial charge in [-0.2, -0.15) is 0 Å². The Kier molecular flexibility index (Phi) is 3.89. The van der Waals surface area contributed by atoms with E-state index in [0.717, 1.165) is 19.4 Å². The molecule has 0 saturated carbocycles. The molecular weight excluding hydrogens is 178 g/mol. The highest BCUT2D eigenvalue weighted by Gasteiger charge is 2.30. The van der Waals surface area contributed by atoms with Gasteiger partial charge in [0, 0.05) is 19.6 Å². The summed E-state index contributed by atoms with van der Waals surface area (Å²) in [6.45, 7) is 3.64.